The first-order chi connectivity index (χ1) is 8.11. The molecule has 0 aromatic carbocycles. The molecule has 94 valence electrons. The van der Waals surface area contributed by atoms with Crippen molar-refractivity contribution >= 4 is 0 Å². The summed E-state index contributed by atoms with van der Waals surface area (Å²) in [4.78, 5) is 25.4. The SMILES string of the molecule is CC[C@@H]1CNCC(n2cc(C)c(=O)[nH]c2=O)C1. The van der Waals surface area contributed by atoms with Gasteiger partial charge in [-0.15, -0.1) is 0 Å². The average molecular weight is 237 g/mol. The van der Waals surface area contributed by atoms with E-state index in [2.05, 4.69) is 17.2 Å². The van der Waals surface area contributed by atoms with Gasteiger partial charge in [0.2, 0.25) is 0 Å². The fourth-order valence-corrected chi connectivity index (χ4v) is 2.39. The van der Waals surface area contributed by atoms with E-state index in [1.54, 1.807) is 17.7 Å². The lowest BCUT2D eigenvalue weighted by atomic mass is 9.93. The third-order valence-corrected chi connectivity index (χ3v) is 3.53. The van der Waals surface area contributed by atoms with Crippen LogP contribution in [0.5, 0.6) is 0 Å². The van der Waals surface area contributed by atoms with Crippen LogP contribution in [0.3, 0.4) is 0 Å². The molecule has 2 atom stereocenters. The summed E-state index contributed by atoms with van der Waals surface area (Å²) in [6, 6.07) is 0.150. The summed E-state index contributed by atoms with van der Waals surface area (Å²) >= 11 is 0. The third kappa shape index (κ3) is 2.49. The van der Waals surface area contributed by atoms with Crippen molar-refractivity contribution in [2.75, 3.05) is 13.1 Å². The minimum absolute atomic E-state index is 0.150. The summed E-state index contributed by atoms with van der Waals surface area (Å²) in [5, 5.41) is 3.34. The van der Waals surface area contributed by atoms with Crippen LogP contribution in [0.1, 0.15) is 31.4 Å². The Morgan fingerprint density at radius 1 is 1.41 bits per heavy atom. The van der Waals surface area contributed by atoms with Crippen LogP contribution >= 0.6 is 0 Å². The van der Waals surface area contributed by atoms with E-state index < -0.39 is 0 Å². The molecule has 2 N–H and O–H groups in total. The summed E-state index contributed by atoms with van der Waals surface area (Å²) in [6.07, 6.45) is 3.78. The van der Waals surface area contributed by atoms with Crippen LogP contribution in [-0.2, 0) is 0 Å². The zero-order chi connectivity index (χ0) is 12.4. The van der Waals surface area contributed by atoms with Gasteiger partial charge in [-0.2, -0.15) is 0 Å². The van der Waals surface area contributed by atoms with Crippen LogP contribution in [0, 0.1) is 12.8 Å². The van der Waals surface area contributed by atoms with E-state index in [4.69, 9.17) is 0 Å². The Labute approximate surface area is 99.9 Å². The lowest BCUT2D eigenvalue weighted by molar-refractivity contribution is 0.273. The predicted molar refractivity (Wildman–Crippen MR) is 66.4 cm³/mol. The number of hydrogen-bond donors (Lipinski definition) is 2. The molecular weight excluding hydrogens is 218 g/mol. The highest BCUT2D eigenvalue weighted by molar-refractivity contribution is 5.02. The highest BCUT2D eigenvalue weighted by Gasteiger charge is 2.22. The fraction of sp³-hybridized carbons (Fsp3) is 0.667. The summed E-state index contributed by atoms with van der Waals surface area (Å²) in [5.74, 6) is 0.605. The molecule has 2 heterocycles. The van der Waals surface area contributed by atoms with Crippen molar-refractivity contribution in [1.82, 2.24) is 14.9 Å². The van der Waals surface area contributed by atoms with Crippen LogP contribution in [0.4, 0.5) is 0 Å². The van der Waals surface area contributed by atoms with E-state index in [0.29, 0.717) is 11.5 Å². The lowest BCUT2D eigenvalue weighted by Gasteiger charge is -2.30. The van der Waals surface area contributed by atoms with Crippen LogP contribution in [-0.4, -0.2) is 22.6 Å². The first kappa shape index (κ1) is 12.1. The zero-order valence-corrected chi connectivity index (χ0v) is 10.3. The maximum atomic E-state index is 11.8. The molecular formula is C12H19N3O2. The Bertz CT molecular complexity index is 503. The minimum Gasteiger partial charge on any atom is -0.314 e. The van der Waals surface area contributed by atoms with Crippen LogP contribution in [0.25, 0.3) is 0 Å². The van der Waals surface area contributed by atoms with Gasteiger partial charge >= 0.3 is 5.69 Å². The van der Waals surface area contributed by atoms with Crippen LogP contribution in [0.2, 0.25) is 0 Å². The molecule has 0 radical (unpaired) electrons. The minimum atomic E-state index is -0.302. The molecule has 1 fully saturated rings. The number of aromatic nitrogens is 2. The Kier molecular flexibility index (Phi) is 3.47. The van der Waals surface area contributed by atoms with Gasteiger partial charge in [-0.25, -0.2) is 4.79 Å². The number of rotatable bonds is 2. The third-order valence-electron chi connectivity index (χ3n) is 3.53. The van der Waals surface area contributed by atoms with Crippen molar-refractivity contribution < 1.29 is 0 Å². The Hall–Kier alpha value is -1.36. The van der Waals surface area contributed by atoms with Gasteiger partial charge in [0.1, 0.15) is 0 Å². The lowest BCUT2D eigenvalue weighted by Crippen LogP contribution is -2.42. The number of hydrogen-bond acceptors (Lipinski definition) is 3. The van der Waals surface area contributed by atoms with E-state index in [1.807, 2.05) is 0 Å². The van der Waals surface area contributed by atoms with Gasteiger partial charge in [0.25, 0.3) is 5.56 Å². The summed E-state index contributed by atoms with van der Waals surface area (Å²) in [6.45, 7) is 5.70. The number of aryl methyl sites for hydroxylation is 1. The van der Waals surface area contributed by atoms with Crippen LogP contribution in [0.15, 0.2) is 15.8 Å². The van der Waals surface area contributed by atoms with E-state index in [1.165, 1.54) is 0 Å². The molecule has 1 unspecified atom stereocenters. The maximum Gasteiger partial charge on any atom is 0.328 e. The second-order valence-corrected chi connectivity index (χ2v) is 4.80. The summed E-state index contributed by atoms with van der Waals surface area (Å²) in [5.41, 5.74) is -0.00515. The first-order valence-corrected chi connectivity index (χ1v) is 6.14. The molecule has 0 amide bonds. The van der Waals surface area contributed by atoms with E-state index in [0.717, 1.165) is 25.9 Å². The monoisotopic (exact) mass is 237 g/mol. The molecule has 2 rings (SSSR count). The standard InChI is InChI=1S/C12H19N3O2/c1-3-9-4-10(6-13-5-9)15-7-8(2)11(16)14-12(15)17/h7,9-10,13H,3-6H2,1-2H3,(H,14,16,17)/t9-,10?/m0/s1. The van der Waals surface area contributed by atoms with Gasteiger partial charge in [0, 0.05) is 18.3 Å². The molecule has 0 aliphatic carbocycles. The van der Waals surface area contributed by atoms with Gasteiger partial charge in [-0.05, 0) is 25.8 Å². The molecule has 1 aromatic rings. The van der Waals surface area contributed by atoms with E-state index >= 15 is 0 Å². The van der Waals surface area contributed by atoms with E-state index in [-0.39, 0.29) is 17.3 Å². The van der Waals surface area contributed by atoms with Crippen molar-refractivity contribution in [2.24, 2.45) is 5.92 Å². The molecule has 1 aromatic heterocycles. The van der Waals surface area contributed by atoms with Gasteiger partial charge in [0.15, 0.2) is 0 Å². The molecule has 0 bridgehead atoms. The molecule has 17 heavy (non-hydrogen) atoms. The molecule has 1 aliphatic heterocycles. The van der Waals surface area contributed by atoms with Crippen molar-refractivity contribution in [3.63, 3.8) is 0 Å². The van der Waals surface area contributed by atoms with Gasteiger partial charge in [-0.3, -0.25) is 14.3 Å². The molecule has 5 nitrogen and oxygen atoms in total. The highest BCUT2D eigenvalue weighted by Crippen LogP contribution is 2.21. The fourth-order valence-electron chi connectivity index (χ4n) is 2.39. The predicted octanol–water partition coefficient (Wildman–Crippen LogP) is 0.406. The molecule has 0 saturated carbocycles. The van der Waals surface area contributed by atoms with Crippen molar-refractivity contribution in [1.29, 1.82) is 0 Å². The largest absolute Gasteiger partial charge is 0.328 e. The quantitative estimate of drug-likeness (QED) is 0.782. The number of H-pyrrole nitrogens is 1. The molecule has 5 heteroatoms. The Balaban J connectivity index is 2.31. The van der Waals surface area contributed by atoms with Crippen molar-refractivity contribution in [3.05, 3.63) is 32.6 Å². The number of piperidine rings is 1. The summed E-state index contributed by atoms with van der Waals surface area (Å²) < 4.78 is 1.66. The van der Waals surface area contributed by atoms with Crippen molar-refractivity contribution in [2.45, 2.75) is 32.7 Å². The van der Waals surface area contributed by atoms with Crippen LogP contribution < -0.4 is 16.6 Å². The van der Waals surface area contributed by atoms with Gasteiger partial charge < -0.3 is 5.32 Å². The number of nitrogens with one attached hydrogen (secondary N) is 2. The normalized spacial score (nSPS) is 24.8. The second-order valence-electron chi connectivity index (χ2n) is 4.80. The topological polar surface area (TPSA) is 66.9 Å². The Morgan fingerprint density at radius 3 is 2.88 bits per heavy atom. The molecule has 1 aliphatic rings. The number of nitrogens with zero attached hydrogens (tertiary/aromatic N) is 1. The maximum absolute atomic E-state index is 11.8. The van der Waals surface area contributed by atoms with Gasteiger partial charge in [0.05, 0.1) is 6.04 Å². The second kappa shape index (κ2) is 4.87. The first-order valence-electron chi connectivity index (χ1n) is 6.14. The highest BCUT2D eigenvalue weighted by atomic mass is 16.2. The van der Waals surface area contributed by atoms with Crippen molar-refractivity contribution in [3.8, 4) is 0 Å². The van der Waals surface area contributed by atoms with Gasteiger partial charge in [-0.1, -0.05) is 13.3 Å². The Morgan fingerprint density at radius 2 is 2.18 bits per heavy atom. The molecule has 0 spiro atoms. The average Bonchev–Trinajstić information content (AvgIpc) is 2.34. The zero-order valence-electron chi connectivity index (χ0n) is 10.3. The summed E-state index contributed by atoms with van der Waals surface area (Å²) in [7, 11) is 0. The smallest absolute Gasteiger partial charge is 0.314 e. The van der Waals surface area contributed by atoms with E-state index in [9.17, 15) is 9.59 Å². The number of aromatic amines is 1. The molecule has 1 saturated heterocycles.